The van der Waals surface area contributed by atoms with Gasteiger partial charge in [0, 0.05) is 42.8 Å². The summed E-state index contributed by atoms with van der Waals surface area (Å²) in [5.41, 5.74) is 3.88. The maximum Gasteiger partial charge on any atom is 0.335 e. The molecule has 4 atom stereocenters. The molecule has 1 aliphatic carbocycles. The molecule has 4 heterocycles. The number of hydrogen-bond acceptors (Lipinski definition) is 7. The topological polar surface area (TPSA) is 146 Å². The van der Waals surface area contributed by atoms with Crippen LogP contribution in [0.2, 0.25) is 5.02 Å². The maximum atomic E-state index is 15.6. The van der Waals surface area contributed by atoms with Gasteiger partial charge in [0.05, 0.1) is 33.6 Å². The summed E-state index contributed by atoms with van der Waals surface area (Å²) in [6.45, 7) is 1.40. The van der Waals surface area contributed by atoms with Gasteiger partial charge in [-0.15, -0.1) is 5.10 Å². The van der Waals surface area contributed by atoms with Crippen LogP contribution in [-0.2, 0) is 4.79 Å². The van der Waals surface area contributed by atoms with Crippen molar-refractivity contribution in [3.8, 4) is 27.9 Å². The average molecular weight is 719 g/mol. The van der Waals surface area contributed by atoms with Gasteiger partial charge in [0.25, 0.3) is 0 Å². The number of halogens is 2. The molecular weight excluding hydrogens is 687 g/mol. The summed E-state index contributed by atoms with van der Waals surface area (Å²) >= 11 is 6.17. The van der Waals surface area contributed by atoms with Gasteiger partial charge in [-0.25, -0.2) is 9.18 Å². The summed E-state index contributed by atoms with van der Waals surface area (Å²) in [7, 11) is 0. The summed E-state index contributed by atoms with van der Waals surface area (Å²) < 4.78 is 19.3. The van der Waals surface area contributed by atoms with Crippen LogP contribution in [0.1, 0.15) is 52.8 Å². The highest BCUT2D eigenvalue weighted by atomic mass is 35.5. The first-order chi connectivity index (χ1) is 25.2. The number of nitrogens with zero attached hydrogens (tertiary/aromatic N) is 8. The van der Waals surface area contributed by atoms with Crippen molar-refractivity contribution in [2.45, 2.75) is 31.2 Å². The Morgan fingerprint density at radius 2 is 1.81 bits per heavy atom. The molecule has 1 aliphatic heterocycles. The fourth-order valence-corrected chi connectivity index (χ4v) is 7.45. The van der Waals surface area contributed by atoms with E-state index in [1.807, 2.05) is 29.3 Å². The normalized spacial score (nSPS) is 18.7. The highest BCUT2D eigenvalue weighted by Gasteiger charge is 2.48. The number of hydrogen-bond donors (Lipinski definition) is 1. The molecule has 0 radical (unpaired) electrons. The molecule has 2 aliphatic rings. The highest BCUT2D eigenvalue weighted by Crippen LogP contribution is 2.47. The minimum atomic E-state index is -1.02. The van der Waals surface area contributed by atoms with E-state index in [0.717, 1.165) is 17.5 Å². The Balaban J connectivity index is 1.09. The first-order valence-electron chi connectivity index (χ1n) is 16.9. The first kappa shape index (κ1) is 33.2. The van der Waals surface area contributed by atoms with E-state index in [1.54, 1.807) is 41.2 Å². The lowest BCUT2D eigenvalue weighted by atomic mass is 9.99. The minimum Gasteiger partial charge on any atom is -0.618 e. The third kappa shape index (κ3) is 6.39. The van der Waals surface area contributed by atoms with E-state index in [4.69, 9.17) is 11.6 Å². The van der Waals surface area contributed by atoms with Gasteiger partial charge in [0.1, 0.15) is 12.4 Å². The molecule has 3 aromatic carbocycles. The molecule has 1 amide bonds. The van der Waals surface area contributed by atoms with Crippen LogP contribution in [-0.4, -0.2) is 65.0 Å². The Kier molecular flexibility index (Phi) is 8.71. The van der Waals surface area contributed by atoms with Gasteiger partial charge < -0.3 is 15.2 Å². The van der Waals surface area contributed by atoms with Crippen LogP contribution in [0.25, 0.3) is 27.9 Å². The molecule has 14 heteroatoms. The van der Waals surface area contributed by atoms with Gasteiger partial charge in [0.15, 0.2) is 12.0 Å². The lowest BCUT2D eigenvalue weighted by Crippen LogP contribution is -2.36. The molecule has 1 N–H and O–H groups in total. The molecule has 262 valence electrons. The number of carbonyl (C=O) groups excluding carboxylic acids is 1. The molecule has 6 aromatic rings. The fourth-order valence-electron chi connectivity index (χ4n) is 7.29. The van der Waals surface area contributed by atoms with E-state index in [-0.39, 0.29) is 39.5 Å². The number of aromatic nitrogens is 7. The van der Waals surface area contributed by atoms with Crippen molar-refractivity contribution in [3.63, 3.8) is 0 Å². The quantitative estimate of drug-likeness (QED) is 0.135. The molecule has 8 rings (SSSR count). The van der Waals surface area contributed by atoms with E-state index in [2.05, 4.69) is 32.8 Å². The minimum absolute atomic E-state index is 0.0206. The number of amides is 1. The third-order valence-corrected chi connectivity index (χ3v) is 10.5. The molecule has 3 aromatic heterocycles. The Labute approximate surface area is 302 Å². The molecule has 52 heavy (non-hydrogen) atoms. The van der Waals surface area contributed by atoms with E-state index in [1.165, 1.54) is 41.0 Å². The van der Waals surface area contributed by atoms with Gasteiger partial charge >= 0.3 is 5.97 Å². The van der Waals surface area contributed by atoms with Crippen LogP contribution in [0, 0.1) is 22.9 Å². The third-order valence-electron chi connectivity index (χ3n) is 10.2. The molecule has 1 saturated heterocycles. The van der Waals surface area contributed by atoms with E-state index in [9.17, 15) is 19.9 Å². The second-order valence-electron chi connectivity index (χ2n) is 13.3. The zero-order valence-electron chi connectivity index (χ0n) is 27.7. The maximum absolute atomic E-state index is 15.6. The van der Waals surface area contributed by atoms with Gasteiger partial charge in [-0.3, -0.25) is 9.48 Å². The van der Waals surface area contributed by atoms with Crippen LogP contribution in [0.4, 0.5) is 4.39 Å². The Morgan fingerprint density at radius 3 is 2.54 bits per heavy atom. The molecular formula is C38H32ClFN8O4. The van der Waals surface area contributed by atoms with E-state index >= 15 is 4.39 Å². The Morgan fingerprint density at radius 1 is 1.02 bits per heavy atom. The van der Waals surface area contributed by atoms with Crippen molar-refractivity contribution < 1.29 is 23.8 Å². The number of pyridine rings is 1. The number of carboxylic acid groups (broad SMARTS) is 1. The predicted octanol–water partition coefficient (Wildman–Crippen LogP) is 5.95. The van der Waals surface area contributed by atoms with Crippen molar-refractivity contribution >= 4 is 23.5 Å². The van der Waals surface area contributed by atoms with Crippen molar-refractivity contribution in [3.05, 3.63) is 137 Å². The zero-order valence-corrected chi connectivity index (χ0v) is 28.4. The van der Waals surface area contributed by atoms with Crippen molar-refractivity contribution in [1.29, 1.82) is 0 Å². The van der Waals surface area contributed by atoms with Crippen LogP contribution >= 0.6 is 11.6 Å². The average Bonchev–Trinajstić information content (AvgIpc) is 3.61. The smallest absolute Gasteiger partial charge is 0.335 e. The largest absolute Gasteiger partial charge is 0.618 e. The zero-order chi connectivity index (χ0) is 35.9. The van der Waals surface area contributed by atoms with Crippen molar-refractivity contribution in [1.82, 2.24) is 34.9 Å². The Hall–Kier alpha value is -5.95. The van der Waals surface area contributed by atoms with Crippen LogP contribution in [0.3, 0.4) is 0 Å². The second-order valence-corrected chi connectivity index (χ2v) is 13.7. The molecule has 2 fully saturated rings. The fraction of sp³-hybridized carbons (Fsp3) is 0.237. The first-order valence-corrected chi connectivity index (χ1v) is 17.3. The van der Waals surface area contributed by atoms with E-state index in [0.29, 0.717) is 48.0 Å². The summed E-state index contributed by atoms with van der Waals surface area (Å²) in [6.07, 6.45) is 8.18. The standard InChI is InChI=1S/C38H32ClFN8O4/c39-31-11-13-33(47-22-41-43-44-47)35(36(31)40)27-10-12-32(48(52)21-27)34(46-20-29(18-42-46)24-6-8-25(9-7-24)38(50)51)17-28-16-30(28)37(49)45-15-14-26(19-45)23-4-2-1-3-5-23/h1-13,18,20-22,26,28,30,34H,14-17,19H2,(H,50,51)/t26?,28?,30?,34-/m1/s1. The number of aromatic carboxylic acids is 1. The Bertz CT molecular complexity index is 2270. The summed E-state index contributed by atoms with van der Waals surface area (Å²) in [5.74, 6) is -1.43. The van der Waals surface area contributed by atoms with Crippen LogP contribution < -0.4 is 4.73 Å². The number of likely N-dealkylation sites (tertiary alicyclic amines) is 1. The van der Waals surface area contributed by atoms with Gasteiger partial charge in [-0.2, -0.15) is 14.5 Å². The molecule has 0 spiro atoms. The van der Waals surface area contributed by atoms with Crippen molar-refractivity contribution in [2.24, 2.45) is 11.8 Å². The number of rotatable bonds is 10. The second kappa shape index (κ2) is 13.6. The molecule has 0 bridgehead atoms. The summed E-state index contributed by atoms with van der Waals surface area (Å²) in [5, 5.41) is 39.0. The van der Waals surface area contributed by atoms with Gasteiger partial charge in [0.2, 0.25) is 11.6 Å². The monoisotopic (exact) mass is 718 g/mol. The summed E-state index contributed by atoms with van der Waals surface area (Å²) in [6, 6.07) is 22.4. The van der Waals surface area contributed by atoms with Gasteiger partial charge in [-0.1, -0.05) is 54.1 Å². The van der Waals surface area contributed by atoms with Crippen molar-refractivity contribution in [2.75, 3.05) is 13.1 Å². The van der Waals surface area contributed by atoms with Crippen LogP contribution in [0.15, 0.2) is 104 Å². The molecule has 12 nitrogen and oxygen atoms in total. The molecule has 1 saturated carbocycles. The molecule has 3 unspecified atom stereocenters. The number of carbonyl (C=O) groups is 2. The number of carboxylic acids is 1. The SMILES string of the molecule is O=C(O)c1ccc(-c2cnn([C@H](CC3CC3C(=O)N3CCC(c4ccccc4)C3)c3ccc(-c4c(-n5cnnn5)ccc(Cl)c4F)c[n+]3[O-])c2)cc1. The lowest BCUT2D eigenvalue weighted by Gasteiger charge is -2.20. The lowest BCUT2D eigenvalue weighted by molar-refractivity contribution is -0.615. The van der Waals surface area contributed by atoms with Gasteiger partial charge in [-0.05, 0) is 77.1 Å². The summed E-state index contributed by atoms with van der Waals surface area (Å²) in [4.78, 5) is 27.1. The van der Waals surface area contributed by atoms with E-state index < -0.39 is 17.8 Å². The van der Waals surface area contributed by atoms with Crippen LogP contribution in [0.5, 0.6) is 0 Å². The number of tetrazole rings is 1. The number of benzene rings is 3. The highest BCUT2D eigenvalue weighted by molar-refractivity contribution is 6.31. The predicted molar refractivity (Wildman–Crippen MR) is 188 cm³/mol.